The lowest BCUT2D eigenvalue weighted by molar-refractivity contribution is -0.000517. The van der Waals surface area contributed by atoms with E-state index in [2.05, 4.69) is 10.00 Å². The van der Waals surface area contributed by atoms with Gasteiger partial charge < -0.3 is 9.05 Å². The summed E-state index contributed by atoms with van der Waals surface area (Å²) in [5.74, 6) is 0. The molecule has 1 aliphatic heterocycles. The van der Waals surface area contributed by atoms with E-state index in [1.165, 1.54) is 12.4 Å². The van der Waals surface area contributed by atoms with E-state index in [0.717, 1.165) is 5.06 Å². The summed E-state index contributed by atoms with van der Waals surface area (Å²) in [5.41, 5.74) is 0.482. The summed E-state index contributed by atoms with van der Waals surface area (Å²) < 4.78 is 10.6. The number of nitrogens with zero attached hydrogens (tertiary/aromatic N) is 3. The SMILES string of the molecule is CCOP(=S)(N=NC=C1C=CC=CN1O)OCC. The van der Waals surface area contributed by atoms with Crippen molar-refractivity contribution in [1.29, 1.82) is 0 Å². The Hall–Kier alpha value is -0.850. The van der Waals surface area contributed by atoms with Crippen LogP contribution in [0.3, 0.4) is 0 Å². The highest BCUT2D eigenvalue weighted by atomic mass is 32.5. The molecule has 0 saturated carbocycles. The summed E-state index contributed by atoms with van der Waals surface area (Å²) in [6.45, 7) is 1.77. The first-order valence-corrected chi connectivity index (χ1v) is 8.05. The van der Waals surface area contributed by atoms with Crippen molar-refractivity contribution in [3.63, 3.8) is 0 Å². The predicted molar refractivity (Wildman–Crippen MR) is 72.4 cm³/mol. The first-order valence-electron chi connectivity index (χ1n) is 5.46. The van der Waals surface area contributed by atoms with Gasteiger partial charge in [-0.3, -0.25) is 5.21 Å². The van der Waals surface area contributed by atoms with Gasteiger partial charge in [0.2, 0.25) is 0 Å². The molecule has 0 aromatic heterocycles. The maximum atomic E-state index is 9.45. The quantitative estimate of drug-likeness (QED) is 0.600. The normalized spacial score (nSPS) is 18.2. The third-order valence-electron chi connectivity index (χ3n) is 1.81. The second-order valence-electron chi connectivity index (χ2n) is 3.11. The van der Waals surface area contributed by atoms with Gasteiger partial charge in [0.15, 0.2) is 0 Å². The van der Waals surface area contributed by atoms with E-state index < -0.39 is 6.64 Å². The molecule has 0 aromatic carbocycles. The first kappa shape index (κ1) is 15.2. The molecule has 0 spiro atoms. The Morgan fingerprint density at radius 2 is 2.06 bits per heavy atom. The van der Waals surface area contributed by atoms with E-state index >= 15 is 0 Å². The lowest BCUT2D eigenvalue weighted by Crippen LogP contribution is -2.10. The Labute approximate surface area is 111 Å². The molecule has 0 amide bonds. The molecule has 1 aliphatic rings. The molecule has 8 heteroatoms. The number of hydrogen-bond donors (Lipinski definition) is 1. The molecule has 0 radical (unpaired) electrons. The van der Waals surface area contributed by atoms with Gasteiger partial charge in [-0.05, 0) is 37.8 Å². The van der Waals surface area contributed by atoms with Crippen LogP contribution in [0.4, 0.5) is 0 Å². The van der Waals surface area contributed by atoms with Gasteiger partial charge in [0, 0.05) is 6.20 Å². The molecule has 0 unspecified atom stereocenters. The molecule has 0 atom stereocenters. The summed E-state index contributed by atoms with van der Waals surface area (Å²) in [6, 6.07) is 0. The van der Waals surface area contributed by atoms with Crippen LogP contribution >= 0.6 is 6.64 Å². The summed E-state index contributed by atoms with van der Waals surface area (Å²) in [5, 5.41) is 14.2. The molecule has 1 N–H and O–H groups in total. The van der Waals surface area contributed by atoms with Crippen LogP contribution in [0, 0.1) is 0 Å². The Balaban J connectivity index is 2.72. The first-order chi connectivity index (χ1) is 8.61. The molecular weight excluding hydrogens is 273 g/mol. The molecule has 0 fully saturated rings. The highest BCUT2D eigenvalue weighted by Crippen LogP contribution is 2.50. The Kier molecular flexibility index (Phi) is 6.38. The molecule has 100 valence electrons. The second kappa shape index (κ2) is 7.56. The molecular formula is C10H16N3O3PS. The minimum absolute atomic E-state index is 0.418. The van der Waals surface area contributed by atoms with Crippen molar-refractivity contribution in [3.8, 4) is 0 Å². The van der Waals surface area contributed by atoms with Crippen LogP contribution in [-0.2, 0) is 20.9 Å². The van der Waals surface area contributed by atoms with Crippen molar-refractivity contribution in [3.05, 3.63) is 36.3 Å². The van der Waals surface area contributed by atoms with Gasteiger partial charge in [-0.1, -0.05) is 6.08 Å². The molecule has 0 aliphatic carbocycles. The van der Waals surface area contributed by atoms with Crippen LogP contribution in [0.25, 0.3) is 0 Å². The van der Waals surface area contributed by atoms with E-state index in [0.29, 0.717) is 18.9 Å². The van der Waals surface area contributed by atoms with Gasteiger partial charge in [0.25, 0.3) is 0 Å². The van der Waals surface area contributed by atoms with E-state index in [1.54, 1.807) is 18.2 Å². The Morgan fingerprint density at radius 1 is 1.39 bits per heavy atom. The summed E-state index contributed by atoms with van der Waals surface area (Å²) in [4.78, 5) is 3.90. The van der Waals surface area contributed by atoms with Crippen LogP contribution in [0.2, 0.25) is 0 Å². The number of hydrogen-bond acceptors (Lipinski definition) is 6. The largest absolute Gasteiger partial charge is 0.327 e. The predicted octanol–water partition coefficient (Wildman–Crippen LogP) is 3.35. The van der Waals surface area contributed by atoms with Crippen molar-refractivity contribution in [2.24, 2.45) is 10.00 Å². The van der Waals surface area contributed by atoms with E-state index in [4.69, 9.17) is 20.9 Å². The fourth-order valence-corrected chi connectivity index (χ4v) is 2.88. The average molecular weight is 289 g/mol. The fourth-order valence-electron chi connectivity index (χ4n) is 1.11. The van der Waals surface area contributed by atoms with Crippen LogP contribution in [0.15, 0.2) is 46.3 Å². The average Bonchev–Trinajstić information content (AvgIpc) is 2.32. The molecule has 0 saturated heterocycles. The van der Waals surface area contributed by atoms with E-state index in [1.807, 2.05) is 13.8 Å². The van der Waals surface area contributed by atoms with Crippen LogP contribution in [0.5, 0.6) is 0 Å². The zero-order valence-electron chi connectivity index (χ0n) is 10.3. The molecule has 1 rings (SSSR count). The smallest absolute Gasteiger partial charge is 0.312 e. The van der Waals surface area contributed by atoms with Crippen LogP contribution in [0.1, 0.15) is 13.8 Å². The van der Waals surface area contributed by atoms with Gasteiger partial charge in [-0.25, -0.2) is 5.06 Å². The van der Waals surface area contributed by atoms with E-state index in [9.17, 15) is 5.21 Å². The maximum Gasteiger partial charge on any atom is 0.327 e. The highest BCUT2D eigenvalue weighted by molar-refractivity contribution is 8.09. The third kappa shape index (κ3) is 4.80. The zero-order chi connectivity index (χ0) is 13.4. The second-order valence-corrected chi connectivity index (χ2v) is 6.12. The molecule has 6 nitrogen and oxygen atoms in total. The van der Waals surface area contributed by atoms with Gasteiger partial charge in [-0.2, -0.15) is 5.11 Å². The number of hydroxylamine groups is 2. The van der Waals surface area contributed by atoms with Gasteiger partial charge in [0.1, 0.15) is 0 Å². The highest BCUT2D eigenvalue weighted by Gasteiger charge is 2.16. The standard InChI is InChI=1S/C10H16N3O3PS/c1-3-15-17(18,16-4-2)12-11-9-10-7-5-6-8-13(10)14/h5-9,14H,3-4H2,1-2H3. The lowest BCUT2D eigenvalue weighted by Gasteiger charge is -2.15. The van der Waals surface area contributed by atoms with Crippen molar-refractivity contribution in [1.82, 2.24) is 5.06 Å². The Morgan fingerprint density at radius 3 is 2.61 bits per heavy atom. The van der Waals surface area contributed by atoms with Crippen molar-refractivity contribution < 1.29 is 14.3 Å². The monoisotopic (exact) mass is 289 g/mol. The van der Waals surface area contributed by atoms with E-state index in [-0.39, 0.29) is 0 Å². The molecule has 1 heterocycles. The van der Waals surface area contributed by atoms with Gasteiger partial charge >= 0.3 is 6.64 Å². The Bertz CT molecular complexity index is 424. The topological polar surface area (TPSA) is 66.7 Å². The number of allylic oxidation sites excluding steroid dienone is 3. The zero-order valence-corrected chi connectivity index (χ0v) is 12.0. The van der Waals surface area contributed by atoms with Crippen molar-refractivity contribution in [2.45, 2.75) is 13.8 Å². The minimum Gasteiger partial charge on any atom is -0.312 e. The minimum atomic E-state index is -2.70. The molecule has 18 heavy (non-hydrogen) atoms. The molecule has 0 aromatic rings. The van der Waals surface area contributed by atoms with Gasteiger partial charge in [-0.15, -0.1) is 4.88 Å². The van der Waals surface area contributed by atoms with Crippen molar-refractivity contribution >= 4 is 18.4 Å². The summed E-state index contributed by atoms with van der Waals surface area (Å²) in [7, 11) is 0. The summed E-state index contributed by atoms with van der Waals surface area (Å²) >= 11 is 5.17. The fraction of sp³-hybridized carbons (Fsp3) is 0.400. The van der Waals surface area contributed by atoms with Gasteiger partial charge in [0.05, 0.1) is 25.1 Å². The summed E-state index contributed by atoms with van der Waals surface area (Å²) in [6.07, 6.45) is 8.03. The number of rotatable bonds is 6. The third-order valence-corrected chi connectivity index (χ3v) is 4.15. The van der Waals surface area contributed by atoms with Crippen LogP contribution in [-0.4, -0.2) is 23.5 Å². The maximum absolute atomic E-state index is 9.45. The van der Waals surface area contributed by atoms with Crippen LogP contribution < -0.4 is 0 Å². The molecule has 0 bridgehead atoms. The van der Waals surface area contributed by atoms with Crippen molar-refractivity contribution in [2.75, 3.05) is 13.2 Å². The lowest BCUT2D eigenvalue weighted by atomic mass is 10.3.